The maximum absolute atomic E-state index is 10.6. The van der Waals surface area contributed by atoms with Gasteiger partial charge in [0.2, 0.25) is 0 Å². The molecule has 23 heavy (non-hydrogen) atoms. The van der Waals surface area contributed by atoms with Crippen LogP contribution < -0.4 is 0 Å². The molecule has 0 rings (SSSR count). The molecule has 0 aromatic heterocycles. The van der Waals surface area contributed by atoms with Gasteiger partial charge in [0.05, 0.1) is 5.92 Å². The van der Waals surface area contributed by atoms with E-state index in [9.17, 15) is 4.79 Å². The molecule has 0 aromatic carbocycles. The van der Waals surface area contributed by atoms with Gasteiger partial charge in [-0.15, -0.1) is 0 Å². The molecule has 0 aliphatic heterocycles. The molecule has 1 N–H and O–H groups in total. The van der Waals surface area contributed by atoms with Gasteiger partial charge in [0.25, 0.3) is 0 Å². The quantitative estimate of drug-likeness (QED) is 0.408. The molecular formula is C21H32O2. The highest BCUT2D eigenvalue weighted by molar-refractivity contribution is 5.69. The van der Waals surface area contributed by atoms with E-state index in [0.717, 1.165) is 38.5 Å². The lowest BCUT2D eigenvalue weighted by atomic mass is 10.1. The molecule has 1 unspecified atom stereocenters. The number of rotatable bonds is 13. The lowest BCUT2D eigenvalue weighted by Gasteiger charge is -2.01. The molecule has 0 fully saturated rings. The predicted molar refractivity (Wildman–Crippen MR) is 100 cm³/mol. The van der Waals surface area contributed by atoms with Crippen molar-refractivity contribution in [1.29, 1.82) is 0 Å². The number of allylic oxidation sites excluding steroid dienone is 10. The Morgan fingerprint density at radius 1 is 0.783 bits per heavy atom. The van der Waals surface area contributed by atoms with Gasteiger partial charge in [-0.2, -0.15) is 0 Å². The minimum absolute atomic E-state index is 0.253. The molecule has 2 heteroatoms. The first kappa shape index (κ1) is 21.2. The van der Waals surface area contributed by atoms with Gasteiger partial charge in [-0.05, 0) is 44.9 Å². The molecule has 0 aliphatic rings. The molecule has 0 aromatic rings. The standard InChI is InChI=1S/C21H32O2/c1-3-4-5-6-7-8-9-10-11-12-13-14-15-16-17-18-19-20(2)21(22)23/h4-5,7-8,10-11,13-14,16-17,20H,3,6,9,12,15,18-19H2,1-2H3,(H,22,23)/b5-4-,8-7-,11-10-,14-13-,17-16-. The van der Waals surface area contributed by atoms with Gasteiger partial charge in [-0.25, -0.2) is 0 Å². The topological polar surface area (TPSA) is 37.3 Å². The minimum atomic E-state index is -0.711. The van der Waals surface area contributed by atoms with Crippen LogP contribution in [0.2, 0.25) is 0 Å². The van der Waals surface area contributed by atoms with Crippen LogP contribution in [0, 0.1) is 5.92 Å². The van der Waals surface area contributed by atoms with Crippen molar-refractivity contribution in [1.82, 2.24) is 0 Å². The summed E-state index contributed by atoms with van der Waals surface area (Å²) >= 11 is 0. The largest absolute Gasteiger partial charge is 0.481 e. The van der Waals surface area contributed by atoms with Crippen LogP contribution in [0.15, 0.2) is 60.8 Å². The van der Waals surface area contributed by atoms with Crippen molar-refractivity contribution >= 4 is 5.97 Å². The van der Waals surface area contributed by atoms with E-state index >= 15 is 0 Å². The van der Waals surface area contributed by atoms with Crippen LogP contribution in [-0.4, -0.2) is 11.1 Å². The van der Waals surface area contributed by atoms with E-state index in [1.807, 2.05) is 0 Å². The Bertz CT molecular complexity index is 425. The molecule has 0 amide bonds. The van der Waals surface area contributed by atoms with Crippen molar-refractivity contribution in [3.8, 4) is 0 Å². The molecule has 1 atom stereocenters. The summed E-state index contributed by atoms with van der Waals surface area (Å²) in [6.07, 6.45) is 28.2. The highest BCUT2D eigenvalue weighted by Gasteiger charge is 2.08. The molecule has 0 spiro atoms. The van der Waals surface area contributed by atoms with Crippen LogP contribution in [0.4, 0.5) is 0 Å². The van der Waals surface area contributed by atoms with Gasteiger partial charge in [-0.1, -0.05) is 74.6 Å². The van der Waals surface area contributed by atoms with Crippen molar-refractivity contribution in [3.63, 3.8) is 0 Å². The first-order chi connectivity index (χ1) is 11.2. The van der Waals surface area contributed by atoms with Crippen molar-refractivity contribution in [3.05, 3.63) is 60.8 Å². The van der Waals surface area contributed by atoms with Gasteiger partial charge in [0, 0.05) is 0 Å². The first-order valence-electron chi connectivity index (χ1n) is 8.66. The lowest BCUT2D eigenvalue weighted by Crippen LogP contribution is -2.08. The second-order valence-corrected chi connectivity index (χ2v) is 5.52. The zero-order valence-corrected chi connectivity index (χ0v) is 14.7. The van der Waals surface area contributed by atoms with Crippen molar-refractivity contribution in [2.75, 3.05) is 0 Å². The van der Waals surface area contributed by atoms with E-state index in [4.69, 9.17) is 5.11 Å². The Balaban J connectivity index is 3.54. The summed E-state index contributed by atoms with van der Waals surface area (Å²) < 4.78 is 0. The van der Waals surface area contributed by atoms with E-state index in [1.165, 1.54) is 0 Å². The molecular weight excluding hydrogens is 284 g/mol. The van der Waals surface area contributed by atoms with Gasteiger partial charge in [0.1, 0.15) is 0 Å². The zero-order valence-electron chi connectivity index (χ0n) is 14.7. The molecule has 0 aliphatic carbocycles. The summed E-state index contributed by atoms with van der Waals surface area (Å²) in [7, 11) is 0. The third kappa shape index (κ3) is 16.4. The Morgan fingerprint density at radius 3 is 1.57 bits per heavy atom. The highest BCUT2D eigenvalue weighted by atomic mass is 16.4. The van der Waals surface area contributed by atoms with E-state index < -0.39 is 5.97 Å². The number of carbonyl (C=O) groups is 1. The SMILES string of the molecule is CC/C=C\C/C=C\C/C=C\C/C=C\C/C=C\CCC(C)C(=O)O. The zero-order chi connectivity index (χ0) is 17.2. The third-order valence-electron chi connectivity index (χ3n) is 3.35. The summed E-state index contributed by atoms with van der Waals surface area (Å²) in [4.78, 5) is 10.6. The number of aliphatic carboxylic acids is 1. The van der Waals surface area contributed by atoms with Gasteiger partial charge in [-0.3, -0.25) is 4.79 Å². The smallest absolute Gasteiger partial charge is 0.306 e. The maximum atomic E-state index is 10.6. The fourth-order valence-corrected chi connectivity index (χ4v) is 1.84. The molecule has 2 nitrogen and oxygen atoms in total. The highest BCUT2D eigenvalue weighted by Crippen LogP contribution is 2.06. The number of carboxylic acids is 1. The van der Waals surface area contributed by atoms with E-state index in [0.29, 0.717) is 6.42 Å². The summed E-state index contributed by atoms with van der Waals surface area (Å²) in [5.41, 5.74) is 0. The summed E-state index contributed by atoms with van der Waals surface area (Å²) in [5, 5.41) is 8.76. The fourth-order valence-electron chi connectivity index (χ4n) is 1.84. The predicted octanol–water partition coefficient (Wildman–Crippen LogP) is 6.24. The van der Waals surface area contributed by atoms with Gasteiger partial charge < -0.3 is 5.11 Å². The average molecular weight is 316 g/mol. The van der Waals surface area contributed by atoms with Crippen molar-refractivity contribution < 1.29 is 9.90 Å². The van der Waals surface area contributed by atoms with E-state index in [1.54, 1.807) is 6.92 Å². The third-order valence-corrected chi connectivity index (χ3v) is 3.35. The first-order valence-corrected chi connectivity index (χ1v) is 8.66. The molecule has 0 saturated carbocycles. The van der Waals surface area contributed by atoms with Gasteiger partial charge >= 0.3 is 5.97 Å². The monoisotopic (exact) mass is 316 g/mol. The molecule has 0 bridgehead atoms. The number of hydrogen-bond acceptors (Lipinski definition) is 1. The Morgan fingerprint density at radius 2 is 1.17 bits per heavy atom. The Kier molecular flexibility index (Phi) is 15.2. The van der Waals surface area contributed by atoms with Crippen LogP contribution in [0.25, 0.3) is 0 Å². The second-order valence-electron chi connectivity index (χ2n) is 5.52. The van der Waals surface area contributed by atoms with Gasteiger partial charge in [0.15, 0.2) is 0 Å². The van der Waals surface area contributed by atoms with Crippen LogP contribution in [0.5, 0.6) is 0 Å². The van der Waals surface area contributed by atoms with E-state index in [-0.39, 0.29) is 5.92 Å². The normalized spacial score (nSPS) is 14.2. The molecule has 0 radical (unpaired) electrons. The summed E-state index contributed by atoms with van der Waals surface area (Å²) in [6.45, 7) is 3.89. The van der Waals surface area contributed by atoms with Crippen LogP contribution in [-0.2, 0) is 4.79 Å². The summed E-state index contributed by atoms with van der Waals surface area (Å²) in [5.74, 6) is -0.964. The Labute approximate surface area is 142 Å². The van der Waals surface area contributed by atoms with Crippen LogP contribution >= 0.6 is 0 Å². The number of carboxylic acid groups (broad SMARTS) is 1. The van der Waals surface area contributed by atoms with E-state index in [2.05, 4.69) is 67.7 Å². The fraction of sp³-hybridized carbons (Fsp3) is 0.476. The Hall–Kier alpha value is -1.83. The molecule has 0 heterocycles. The summed E-state index contributed by atoms with van der Waals surface area (Å²) in [6, 6.07) is 0. The van der Waals surface area contributed by atoms with Crippen LogP contribution in [0.1, 0.15) is 58.8 Å². The average Bonchev–Trinajstić information content (AvgIpc) is 2.54. The molecule has 128 valence electrons. The molecule has 0 saturated heterocycles. The second kappa shape index (κ2) is 16.5. The van der Waals surface area contributed by atoms with Crippen LogP contribution in [0.3, 0.4) is 0 Å². The maximum Gasteiger partial charge on any atom is 0.306 e. The van der Waals surface area contributed by atoms with Crippen molar-refractivity contribution in [2.24, 2.45) is 5.92 Å². The van der Waals surface area contributed by atoms with Crippen molar-refractivity contribution in [2.45, 2.75) is 58.8 Å². The number of hydrogen-bond donors (Lipinski definition) is 1. The lowest BCUT2D eigenvalue weighted by molar-refractivity contribution is -0.141. The minimum Gasteiger partial charge on any atom is -0.481 e.